The molecule has 0 aliphatic carbocycles. The molecule has 4 rings (SSSR count). The van der Waals surface area contributed by atoms with Crippen LogP contribution in [0.25, 0.3) is 11.3 Å². The molecular weight excluding hydrogens is 342 g/mol. The van der Waals surface area contributed by atoms with Gasteiger partial charge < -0.3 is 15.2 Å². The fourth-order valence-electron chi connectivity index (χ4n) is 3.90. The lowest BCUT2D eigenvalue weighted by atomic mass is 9.91. The number of rotatable bonds is 5. The van der Waals surface area contributed by atoms with Crippen molar-refractivity contribution in [2.45, 2.75) is 32.2 Å². The minimum Gasteiger partial charge on any atom is -0.375 e. The second kappa shape index (κ2) is 7.60. The molecule has 0 radical (unpaired) electrons. The first-order valence-electron chi connectivity index (χ1n) is 9.27. The van der Waals surface area contributed by atoms with E-state index >= 15 is 0 Å². The zero-order valence-corrected chi connectivity index (χ0v) is 16.0. The number of anilines is 1. The summed E-state index contributed by atoms with van der Waals surface area (Å²) in [6.07, 6.45) is 4.42. The van der Waals surface area contributed by atoms with Crippen molar-refractivity contribution in [3.63, 3.8) is 0 Å². The number of nitrogens with two attached hydrogens (primary N) is 1. The molecule has 0 bridgehead atoms. The average molecular weight is 368 g/mol. The Bertz CT molecular complexity index is 854. The monoisotopic (exact) mass is 367 g/mol. The minimum absolute atomic E-state index is 0.498. The number of hydrogen-bond acceptors (Lipinski definition) is 5. The smallest absolute Gasteiger partial charge is 0.180 e. The lowest BCUT2D eigenvalue weighted by Crippen LogP contribution is -2.35. The van der Waals surface area contributed by atoms with Gasteiger partial charge in [-0.15, -0.1) is 11.3 Å². The van der Waals surface area contributed by atoms with Crippen LogP contribution in [0.5, 0.6) is 0 Å². The van der Waals surface area contributed by atoms with Crippen LogP contribution in [0.2, 0.25) is 0 Å². The predicted octanol–water partition coefficient (Wildman–Crippen LogP) is 3.84. The number of nitrogens with zero attached hydrogens (tertiary/aromatic N) is 4. The molecular formula is C20H25N5S. The number of benzene rings is 1. The SMILES string of the molecule is CCN1CCCC(c2c(-c3ccccc3)ncn2Cc2csc(N)n2)C1. The third-order valence-electron chi connectivity index (χ3n) is 5.17. The molecule has 3 heterocycles. The Labute approximate surface area is 158 Å². The normalized spacial score (nSPS) is 18.3. The van der Waals surface area contributed by atoms with Crippen molar-refractivity contribution in [1.29, 1.82) is 0 Å². The van der Waals surface area contributed by atoms with Crippen molar-refractivity contribution in [3.05, 3.63) is 53.4 Å². The van der Waals surface area contributed by atoms with Gasteiger partial charge in [0.2, 0.25) is 0 Å². The molecule has 136 valence electrons. The van der Waals surface area contributed by atoms with E-state index in [4.69, 9.17) is 10.7 Å². The van der Waals surface area contributed by atoms with Crippen LogP contribution in [-0.2, 0) is 6.54 Å². The van der Waals surface area contributed by atoms with Crippen molar-refractivity contribution in [1.82, 2.24) is 19.4 Å². The Morgan fingerprint density at radius 1 is 1.27 bits per heavy atom. The number of imidazole rings is 1. The predicted molar refractivity (Wildman–Crippen MR) is 107 cm³/mol. The summed E-state index contributed by atoms with van der Waals surface area (Å²) in [7, 11) is 0. The molecule has 5 nitrogen and oxygen atoms in total. The van der Waals surface area contributed by atoms with Gasteiger partial charge in [0.25, 0.3) is 0 Å². The summed E-state index contributed by atoms with van der Waals surface area (Å²) in [6.45, 7) is 6.38. The van der Waals surface area contributed by atoms with E-state index in [0.29, 0.717) is 11.0 Å². The number of likely N-dealkylation sites (tertiary alicyclic amines) is 1. The van der Waals surface area contributed by atoms with Gasteiger partial charge in [0.05, 0.1) is 30.0 Å². The minimum atomic E-state index is 0.498. The Hall–Kier alpha value is -2.18. The topological polar surface area (TPSA) is 60.0 Å². The summed E-state index contributed by atoms with van der Waals surface area (Å²) in [5, 5.41) is 2.67. The maximum Gasteiger partial charge on any atom is 0.180 e. The fourth-order valence-corrected chi connectivity index (χ4v) is 4.45. The van der Waals surface area contributed by atoms with E-state index in [9.17, 15) is 0 Å². The van der Waals surface area contributed by atoms with E-state index in [-0.39, 0.29) is 0 Å². The van der Waals surface area contributed by atoms with E-state index in [2.05, 4.69) is 51.7 Å². The van der Waals surface area contributed by atoms with E-state index in [1.54, 1.807) is 0 Å². The molecule has 1 atom stereocenters. The maximum absolute atomic E-state index is 5.82. The van der Waals surface area contributed by atoms with Crippen molar-refractivity contribution >= 4 is 16.5 Å². The van der Waals surface area contributed by atoms with Crippen LogP contribution < -0.4 is 5.73 Å². The standard InChI is InChI=1S/C20H25N5S/c1-2-24-10-6-9-16(11-24)19-18(15-7-4-3-5-8-15)22-14-25(19)12-17-13-26-20(21)23-17/h3-5,7-8,13-14,16H,2,6,9-12H2,1H3,(H2,21,23). The van der Waals surface area contributed by atoms with E-state index < -0.39 is 0 Å². The van der Waals surface area contributed by atoms with Crippen LogP contribution in [0.4, 0.5) is 5.13 Å². The number of piperidine rings is 1. The van der Waals surface area contributed by atoms with E-state index in [1.807, 2.05) is 11.7 Å². The van der Waals surface area contributed by atoms with Crippen molar-refractivity contribution in [2.24, 2.45) is 0 Å². The van der Waals surface area contributed by atoms with Crippen molar-refractivity contribution in [2.75, 3.05) is 25.4 Å². The Balaban J connectivity index is 1.73. The third-order valence-corrected chi connectivity index (χ3v) is 5.89. The summed E-state index contributed by atoms with van der Waals surface area (Å²) >= 11 is 1.50. The molecule has 2 aromatic heterocycles. The summed E-state index contributed by atoms with van der Waals surface area (Å²) in [6, 6.07) is 10.5. The van der Waals surface area contributed by atoms with Gasteiger partial charge in [-0.2, -0.15) is 0 Å². The van der Waals surface area contributed by atoms with Crippen LogP contribution >= 0.6 is 11.3 Å². The molecule has 1 unspecified atom stereocenters. The second-order valence-corrected chi connectivity index (χ2v) is 7.77. The largest absolute Gasteiger partial charge is 0.375 e. The zero-order valence-electron chi connectivity index (χ0n) is 15.1. The molecule has 1 aliphatic rings. The maximum atomic E-state index is 5.82. The molecule has 1 aromatic carbocycles. The number of hydrogen-bond donors (Lipinski definition) is 1. The highest BCUT2D eigenvalue weighted by Gasteiger charge is 2.27. The number of likely N-dealkylation sites (N-methyl/N-ethyl adjacent to an activating group) is 1. The Kier molecular flexibility index (Phi) is 5.04. The van der Waals surface area contributed by atoms with Crippen molar-refractivity contribution < 1.29 is 0 Å². The first-order valence-corrected chi connectivity index (χ1v) is 10.1. The quantitative estimate of drug-likeness (QED) is 0.744. The van der Waals surface area contributed by atoms with Gasteiger partial charge in [-0.3, -0.25) is 0 Å². The third kappa shape index (κ3) is 3.52. The second-order valence-electron chi connectivity index (χ2n) is 6.88. The van der Waals surface area contributed by atoms with Crippen LogP contribution in [-0.4, -0.2) is 39.1 Å². The molecule has 6 heteroatoms. The zero-order chi connectivity index (χ0) is 17.9. The van der Waals surface area contributed by atoms with E-state index in [1.165, 1.54) is 42.0 Å². The van der Waals surface area contributed by atoms with Gasteiger partial charge in [-0.05, 0) is 25.9 Å². The summed E-state index contributed by atoms with van der Waals surface area (Å²) in [5.74, 6) is 0.498. The summed E-state index contributed by atoms with van der Waals surface area (Å²) in [4.78, 5) is 11.8. The van der Waals surface area contributed by atoms with Crippen LogP contribution in [0.1, 0.15) is 37.1 Å². The first kappa shape index (κ1) is 17.2. The van der Waals surface area contributed by atoms with E-state index in [0.717, 1.165) is 31.0 Å². The van der Waals surface area contributed by atoms with Crippen LogP contribution in [0, 0.1) is 0 Å². The van der Waals surface area contributed by atoms with Crippen LogP contribution in [0.15, 0.2) is 42.0 Å². The lowest BCUT2D eigenvalue weighted by Gasteiger charge is -2.32. The lowest BCUT2D eigenvalue weighted by molar-refractivity contribution is 0.214. The average Bonchev–Trinajstić information content (AvgIpc) is 3.29. The fraction of sp³-hybridized carbons (Fsp3) is 0.400. The number of aromatic nitrogens is 3. The molecule has 1 saturated heterocycles. The number of thiazole rings is 1. The molecule has 2 N–H and O–H groups in total. The highest BCUT2D eigenvalue weighted by molar-refractivity contribution is 7.13. The van der Waals surface area contributed by atoms with Crippen molar-refractivity contribution in [3.8, 4) is 11.3 Å². The first-order chi connectivity index (χ1) is 12.7. The number of nitrogen functional groups attached to an aromatic ring is 1. The van der Waals surface area contributed by atoms with Gasteiger partial charge in [-0.25, -0.2) is 9.97 Å². The molecule has 0 saturated carbocycles. The van der Waals surface area contributed by atoms with Gasteiger partial charge in [-0.1, -0.05) is 37.3 Å². The van der Waals surface area contributed by atoms with Gasteiger partial charge in [0, 0.05) is 23.4 Å². The summed E-state index contributed by atoms with van der Waals surface area (Å²) in [5.41, 5.74) is 10.5. The highest BCUT2D eigenvalue weighted by atomic mass is 32.1. The summed E-state index contributed by atoms with van der Waals surface area (Å²) < 4.78 is 2.28. The Morgan fingerprint density at radius 2 is 2.12 bits per heavy atom. The Morgan fingerprint density at radius 3 is 2.85 bits per heavy atom. The van der Waals surface area contributed by atoms with Gasteiger partial charge in [0.15, 0.2) is 5.13 Å². The van der Waals surface area contributed by atoms with Gasteiger partial charge in [0.1, 0.15) is 0 Å². The molecule has 1 fully saturated rings. The molecule has 1 aliphatic heterocycles. The van der Waals surface area contributed by atoms with Gasteiger partial charge >= 0.3 is 0 Å². The molecule has 0 spiro atoms. The van der Waals surface area contributed by atoms with Crippen LogP contribution in [0.3, 0.4) is 0 Å². The molecule has 3 aromatic rings. The molecule has 26 heavy (non-hydrogen) atoms. The molecule has 0 amide bonds. The highest BCUT2D eigenvalue weighted by Crippen LogP contribution is 2.34.